The van der Waals surface area contributed by atoms with Gasteiger partial charge >= 0.3 is 10.2 Å². The maximum Gasteiger partial charge on any atom is 0.308 e. The van der Waals surface area contributed by atoms with E-state index in [2.05, 4.69) is 4.98 Å². The highest BCUT2D eigenvalue weighted by Crippen LogP contribution is 2.23. The van der Waals surface area contributed by atoms with Gasteiger partial charge in [0.2, 0.25) is 0 Å². The molecular weight excluding hydrogens is 380 g/mol. The SMILES string of the molecule is CN(C)S(=O)(=O)n1cncc1CCCCCCN1C(=O)c2ccccc2C1=O. The minimum absolute atomic E-state index is 0.224. The minimum Gasteiger partial charge on any atom is -0.274 e. The number of aryl methyl sites for hydroxylation is 1. The van der Waals surface area contributed by atoms with Gasteiger partial charge in [0, 0.05) is 26.8 Å². The number of hydrogen-bond donors (Lipinski definition) is 0. The van der Waals surface area contributed by atoms with Crippen molar-refractivity contribution >= 4 is 22.0 Å². The maximum absolute atomic E-state index is 12.3. The summed E-state index contributed by atoms with van der Waals surface area (Å²) in [5.74, 6) is -0.447. The molecule has 0 spiro atoms. The van der Waals surface area contributed by atoms with Crippen LogP contribution in [0.4, 0.5) is 0 Å². The van der Waals surface area contributed by atoms with Crippen LogP contribution in [-0.4, -0.2) is 59.0 Å². The second-order valence-corrected chi connectivity index (χ2v) is 8.96. The van der Waals surface area contributed by atoms with Gasteiger partial charge in [-0.3, -0.25) is 14.5 Å². The Bertz CT molecular complexity index is 946. The third-order valence-electron chi connectivity index (χ3n) is 4.83. The zero-order chi connectivity index (χ0) is 20.3. The lowest BCUT2D eigenvalue weighted by molar-refractivity contribution is 0.0651. The summed E-state index contributed by atoms with van der Waals surface area (Å²) in [6.07, 6.45) is 6.72. The van der Waals surface area contributed by atoms with Crippen molar-refractivity contribution in [2.24, 2.45) is 0 Å². The Morgan fingerprint density at radius 1 is 0.964 bits per heavy atom. The van der Waals surface area contributed by atoms with Crippen molar-refractivity contribution in [3.05, 3.63) is 53.6 Å². The number of hydrogen-bond acceptors (Lipinski definition) is 5. The van der Waals surface area contributed by atoms with Gasteiger partial charge in [-0.25, -0.2) is 8.96 Å². The number of rotatable bonds is 9. The first-order valence-electron chi connectivity index (χ1n) is 9.23. The fraction of sp³-hybridized carbons (Fsp3) is 0.421. The Labute approximate surface area is 165 Å². The summed E-state index contributed by atoms with van der Waals surface area (Å²) < 4.78 is 26.8. The quantitative estimate of drug-likeness (QED) is 0.470. The Hall–Kier alpha value is -2.52. The molecule has 0 atom stereocenters. The molecule has 2 amide bonds. The summed E-state index contributed by atoms with van der Waals surface area (Å²) in [5.41, 5.74) is 1.60. The molecule has 0 radical (unpaired) electrons. The number of unbranched alkanes of at least 4 members (excludes halogenated alkanes) is 3. The smallest absolute Gasteiger partial charge is 0.274 e. The van der Waals surface area contributed by atoms with Crippen LogP contribution in [0, 0.1) is 0 Å². The molecule has 0 bridgehead atoms. The van der Waals surface area contributed by atoms with Crippen molar-refractivity contribution in [2.75, 3.05) is 20.6 Å². The number of amides is 2. The van der Waals surface area contributed by atoms with Gasteiger partial charge in [-0.05, 0) is 31.4 Å². The summed E-state index contributed by atoms with van der Waals surface area (Å²) in [4.78, 5) is 29.9. The zero-order valence-electron chi connectivity index (χ0n) is 16.0. The topological polar surface area (TPSA) is 92.6 Å². The van der Waals surface area contributed by atoms with E-state index in [1.165, 1.54) is 29.3 Å². The van der Waals surface area contributed by atoms with Gasteiger partial charge in [0.1, 0.15) is 6.33 Å². The fourth-order valence-corrected chi connectivity index (χ4v) is 4.20. The predicted molar refractivity (Wildman–Crippen MR) is 104 cm³/mol. The van der Waals surface area contributed by atoms with E-state index in [0.717, 1.165) is 30.0 Å². The van der Waals surface area contributed by atoms with Crippen LogP contribution in [0.15, 0.2) is 36.8 Å². The lowest BCUT2D eigenvalue weighted by Crippen LogP contribution is -2.30. The molecule has 28 heavy (non-hydrogen) atoms. The van der Waals surface area contributed by atoms with Gasteiger partial charge in [-0.2, -0.15) is 12.7 Å². The minimum atomic E-state index is -3.56. The average Bonchev–Trinajstić information content (AvgIpc) is 3.23. The Kier molecular flexibility index (Phi) is 5.95. The largest absolute Gasteiger partial charge is 0.308 e. The summed E-state index contributed by atoms with van der Waals surface area (Å²) in [6.45, 7) is 0.402. The molecule has 0 saturated heterocycles. The van der Waals surface area contributed by atoms with E-state index in [1.54, 1.807) is 30.5 Å². The zero-order valence-corrected chi connectivity index (χ0v) is 16.9. The number of nitrogens with zero attached hydrogens (tertiary/aromatic N) is 4. The number of fused-ring (bicyclic) bond motifs is 1. The molecule has 3 rings (SSSR count). The molecule has 8 nitrogen and oxygen atoms in total. The van der Waals surface area contributed by atoms with Gasteiger partial charge in [0.25, 0.3) is 11.8 Å². The molecule has 1 aliphatic heterocycles. The maximum atomic E-state index is 12.3. The third-order valence-corrected chi connectivity index (χ3v) is 6.58. The van der Waals surface area contributed by atoms with Crippen molar-refractivity contribution < 1.29 is 18.0 Å². The fourth-order valence-electron chi connectivity index (χ4n) is 3.24. The van der Waals surface area contributed by atoms with Crippen LogP contribution in [0.3, 0.4) is 0 Å². The number of benzene rings is 1. The summed E-state index contributed by atoms with van der Waals surface area (Å²) in [5, 5.41) is 0. The monoisotopic (exact) mass is 404 g/mol. The molecule has 0 unspecified atom stereocenters. The van der Waals surface area contributed by atoms with E-state index >= 15 is 0 Å². The van der Waals surface area contributed by atoms with Crippen LogP contribution in [-0.2, 0) is 16.6 Å². The number of carbonyl (C=O) groups excluding carboxylic acids is 2. The van der Waals surface area contributed by atoms with Gasteiger partial charge in [-0.15, -0.1) is 0 Å². The molecule has 1 aromatic heterocycles. The van der Waals surface area contributed by atoms with E-state index in [4.69, 9.17) is 0 Å². The molecule has 1 aliphatic rings. The highest BCUT2D eigenvalue weighted by molar-refractivity contribution is 7.87. The number of aromatic nitrogens is 2. The van der Waals surface area contributed by atoms with Crippen molar-refractivity contribution in [1.29, 1.82) is 0 Å². The third kappa shape index (κ3) is 3.85. The van der Waals surface area contributed by atoms with Gasteiger partial charge in [0.05, 0.1) is 16.8 Å². The lowest BCUT2D eigenvalue weighted by Gasteiger charge is -2.15. The summed E-state index contributed by atoms with van der Waals surface area (Å²) in [7, 11) is -0.586. The molecule has 9 heteroatoms. The first-order chi connectivity index (χ1) is 13.3. The van der Waals surface area contributed by atoms with E-state index in [1.807, 2.05) is 0 Å². The highest BCUT2D eigenvalue weighted by Gasteiger charge is 2.34. The van der Waals surface area contributed by atoms with Crippen LogP contribution in [0.5, 0.6) is 0 Å². The van der Waals surface area contributed by atoms with Crippen LogP contribution >= 0.6 is 0 Å². The molecule has 2 heterocycles. The molecule has 0 aliphatic carbocycles. The molecule has 0 fully saturated rings. The van der Waals surface area contributed by atoms with Crippen molar-refractivity contribution in [2.45, 2.75) is 32.1 Å². The van der Waals surface area contributed by atoms with Gasteiger partial charge in [0.15, 0.2) is 0 Å². The molecule has 0 N–H and O–H groups in total. The van der Waals surface area contributed by atoms with Crippen molar-refractivity contribution in [1.82, 2.24) is 18.2 Å². The summed E-state index contributed by atoms with van der Waals surface area (Å²) in [6, 6.07) is 6.88. The first-order valence-corrected chi connectivity index (χ1v) is 10.6. The predicted octanol–water partition coefficient (Wildman–Crippen LogP) is 1.94. The molecule has 1 aromatic carbocycles. The molecular formula is C19H24N4O4S. The molecule has 150 valence electrons. The Balaban J connectivity index is 1.44. The van der Waals surface area contributed by atoms with Crippen molar-refractivity contribution in [3.8, 4) is 0 Å². The molecule has 2 aromatic rings. The van der Waals surface area contributed by atoms with E-state index in [0.29, 0.717) is 29.8 Å². The second-order valence-electron chi connectivity index (χ2n) is 6.94. The van der Waals surface area contributed by atoms with E-state index in [-0.39, 0.29) is 11.8 Å². The normalized spacial score (nSPS) is 14.2. The number of carbonyl (C=O) groups is 2. The van der Waals surface area contributed by atoms with Crippen molar-refractivity contribution in [3.63, 3.8) is 0 Å². The number of imide groups is 1. The Morgan fingerprint density at radius 2 is 1.57 bits per heavy atom. The van der Waals surface area contributed by atoms with Crippen LogP contribution in [0.25, 0.3) is 0 Å². The highest BCUT2D eigenvalue weighted by atomic mass is 32.2. The summed E-state index contributed by atoms with van der Waals surface area (Å²) >= 11 is 0. The number of imidazole rings is 1. The van der Waals surface area contributed by atoms with Crippen LogP contribution < -0.4 is 0 Å². The van der Waals surface area contributed by atoms with Gasteiger partial charge in [-0.1, -0.05) is 25.0 Å². The van der Waals surface area contributed by atoms with E-state index < -0.39 is 10.2 Å². The first kappa shape index (κ1) is 20.2. The van der Waals surface area contributed by atoms with E-state index in [9.17, 15) is 18.0 Å². The lowest BCUT2D eigenvalue weighted by atomic mass is 10.1. The van der Waals surface area contributed by atoms with Crippen LogP contribution in [0.2, 0.25) is 0 Å². The van der Waals surface area contributed by atoms with Gasteiger partial charge < -0.3 is 0 Å². The molecule has 0 saturated carbocycles. The standard InChI is InChI=1S/C19H24N4O4S/c1-21(2)28(26,27)23-14-20-13-15(23)9-5-3-4-8-12-22-18(24)16-10-6-7-11-17(16)19(22)25/h6-7,10-11,13-14H,3-5,8-9,12H2,1-2H3. The van der Waals surface area contributed by atoms with Crippen LogP contribution in [0.1, 0.15) is 52.1 Å². The average molecular weight is 404 g/mol. The Morgan fingerprint density at radius 3 is 2.18 bits per heavy atom. The second kappa shape index (κ2) is 8.24.